The van der Waals surface area contributed by atoms with Crippen molar-refractivity contribution in [2.75, 3.05) is 10.4 Å². The van der Waals surface area contributed by atoms with E-state index < -0.39 is 21.6 Å². The zero-order chi connectivity index (χ0) is 19.1. The molecule has 28 heavy (non-hydrogen) atoms. The van der Waals surface area contributed by atoms with Gasteiger partial charge >= 0.3 is 146 Å². The summed E-state index contributed by atoms with van der Waals surface area (Å²) in [6, 6.07) is 2.12. The van der Waals surface area contributed by atoms with Gasteiger partial charge in [-0.1, -0.05) is 0 Å². The normalized spacial score (nSPS) is 13.4. The quantitative estimate of drug-likeness (QED) is 0.214. The van der Waals surface area contributed by atoms with Crippen LogP contribution in [0.3, 0.4) is 0 Å². The summed E-state index contributed by atoms with van der Waals surface area (Å²) in [6.45, 7) is 3.61. The molecular formula is C16H17IN9OS-. The molecule has 4 aromatic heterocycles. The molecule has 4 aromatic rings. The van der Waals surface area contributed by atoms with E-state index in [0.29, 0.717) is 16.9 Å². The molecule has 12 heteroatoms. The molecule has 0 saturated heterocycles. The van der Waals surface area contributed by atoms with Gasteiger partial charge in [-0.05, 0) is 6.92 Å². The van der Waals surface area contributed by atoms with E-state index in [2.05, 4.69) is 45.3 Å². The molecule has 0 atom stereocenters. The molecule has 0 aliphatic carbocycles. The van der Waals surface area contributed by atoms with Crippen LogP contribution in [-0.4, -0.2) is 33.0 Å². The molecule has 0 radical (unpaired) electrons. The maximum atomic E-state index is 9.16. The molecule has 0 amide bonds. The second-order valence-electron chi connectivity index (χ2n) is 6.20. The van der Waals surface area contributed by atoms with E-state index in [1.807, 2.05) is 15.9 Å². The van der Waals surface area contributed by atoms with Crippen molar-refractivity contribution in [3.05, 3.63) is 35.7 Å². The number of nitrogens with zero attached hydrogens (tertiary/aromatic N) is 7. The zero-order valence-electron chi connectivity index (χ0n) is 14.9. The summed E-state index contributed by atoms with van der Waals surface area (Å²) in [6.07, 6.45) is 7.43. The SMILES string of the molecule is CCn1cc2sc(CN3NNc4ncc(-c5cnn(C[I-]O)c5)nc43)cc2n1. The first-order chi connectivity index (χ1) is 13.7. The van der Waals surface area contributed by atoms with Crippen LogP contribution in [0.15, 0.2) is 30.9 Å². The standard InChI is InChI=1S/C16H17IN9OS/c1-2-24-8-14-12(22-24)3-11(28-14)7-26-16-15(21-23-26)18-5-13(20-16)10-4-19-25(6-10)9-17-27/h3-6,8,23,27H,2,7,9H2,1H3,(H,18,21)/q-1. The first kappa shape index (κ1) is 17.8. The molecule has 5 heterocycles. The van der Waals surface area contributed by atoms with E-state index in [4.69, 9.17) is 8.42 Å². The van der Waals surface area contributed by atoms with Crippen LogP contribution in [0.5, 0.6) is 0 Å². The van der Waals surface area contributed by atoms with Crippen LogP contribution in [-0.2, 0) is 17.6 Å². The molecule has 5 rings (SSSR count). The van der Waals surface area contributed by atoms with E-state index >= 15 is 0 Å². The number of fused-ring (bicyclic) bond motifs is 2. The first-order valence-corrected chi connectivity index (χ1v) is 11.9. The van der Waals surface area contributed by atoms with Gasteiger partial charge in [0.25, 0.3) is 0 Å². The molecule has 0 aromatic carbocycles. The number of rotatable bonds is 6. The molecule has 1 aliphatic rings. The number of hydrogen-bond acceptors (Lipinski definition) is 9. The summed E-state index contributed by atoms with van der Waals surface area (Å²) in [5.74, 6) is 1.43. The van der Waals surface area contributed by atoms with Crippen LogP contribution < -0.4 is 37.6 Å². The minimum absolute atomic E-state index is 0.563. The van der Waals surface area contributed by atoms with Gasteiger partial charge in [0.15, 0.2) is 0 Å². The van der Waals surface area contributed by atoms with Gasteiger partial charge in [-0.15, -0.1) is 0 Å². The third kappa shape index (κ3) is 3.21. The van der Waals surface area contributed by atoms with E-state index in [0.717, 1.165) is 29.1 Å². The van der Waals surface area contributed by atoms with Crippen molar-refractivity contribution >= 4 is 33.2 Å². The van der Waals surface area contributed by atoms with Crippen molar-refractivity contribution in [1.29, 1.82) is 0 Å². The van der Waals surface area contributed by atoms with Crippen LogP contribution in [0.25, 0.3) is 21.5 Å². The van der Waals surface area contributed by atoms with Crippen molar-refractivity contribution in [2.24, 2.45) is 0 Å². The number of alkyl halides is 1. The van der Waals surface area contributed by atoms with Crippen molar-refractivity contribution in [1.82, 2.24) is 35.1 Å². The fourth-order valence-corrected chi connectivity index (χ4v) is 4.73. The molecule has 0 spiro atoms. The summed E-state index contributed by atoms with van der Waals surface area (Å²) in [4.78, 5) is 10.4. The van der Waals surface area contributed by atoms with Gasteiger partial charge in [-0.25, -0.2) is 0 Å². The van der Waals surface area contributed by atoms with Crippen LogP contribution in [0.4, 0.5) is 11.6 Å². The van der Waals surface area contributed by atoms with Crippen LogP contribution in [0.1, 0.15) is 11.8 Å². The average Bonchev–Trinajstić information content (AvgIpc) is 3.45. The fourth-order valence-electron chi connectivity index (χ4n) is 3.01. The number of aromatic nitrogens is 6. The number of hydrazine groups is 2. The molecular weight excluding hydrogens is 493 g/mol. The van der Waals surface area contributed by atoms with E-state index in [9.17, 15) is 0 Å². The number of aryl methyl sites for hydroxylation is 1. The van der Waals surface area contributed by atoms with E-state index in [1.54, 1.807) is 28.4 Å². The molecule has 3 N–H and O–H groups in total. The van der Waals surface area contributed by atoms with Gasteiger partial charge in [-0.3, -0.25) is 4.68 Å². The van der Waals surface area contributed by atoms with Gasteiger partial charge in [0.1, 0.15) is 0 Å². The summed E-state index contributed by atoms with van der Waals surface area (Å²) in [7, 11) is 0. The topological polar surface area (TPSA) is 109 Å². The Morgan fingerprint density at radius 1 is 1.25 bits per heavy atom. The van der Waals surface area contributed by atoms with Crippen LogP contribution in [0.2, 0.25) is 0 Å². The molecule has 10 nitrogen and oxygen atoms in total. The van der Waals surface area contributed by atoms with Gasteiger partial charge in [0.2, 0.25) is 0 Å². The average molecular weight is 510 g/mol. The summed E-state index contributed by atoms with van der Waals surface area (Å²) >= 11 is 0.882. The zero-order valence-corrected chi connectivity index (χ0v) is 17.8. The van der Waals surface area contributed by atoms with Crippen LogP contribution >= 0.6 is 11.3 Å². The molecule has 0 fully saturated rings. The molecule has 0 unspecified atom stereocenters. The predicted octanol–water partition coefficient (Wildman–Crippen LogP) is -1.42. The molecule has 146 valence electrons. The van der Waals surface area contributed by atoms with E-state index in [1.165, 1.54) is 9.58 Å². The Kier molecular flexibility index (Phi) is 4.62. The Bertz CT molecular complexity index is 1110. The number of halogens is 1. The second kappa shape index (κ2) is 7.27. The number of nitrogens with one attached hydrogen (secondary N) is 2. The molecule has 0 bridgehead atoms. The summed E-state index contributed by atoms with van der Waals surface area (Å²) < 4.78 is 14.6. The molecule has 0 saturated carbocycles. The van der Waals surface area contributed by atoms with Crippen molar-refractivity contribution in [3.63, 3.8) is 0 Å². The summed E-state index contributed by atoms with van der Waals surface area (Å²) in [5, 5.41) is 10.8. The Balaban J connectivity index is 1.40. The van der Waals surface area contributed by atoms with E-state index in [-0.39, 0.29) is 0 Å². The van der Waals surface area contributed by atoms with Gasteiger partial charge < -0.3 is 0 Å². The second-order valence-corrected chi connectivity index (χ2v) is 8.74. The summed E-state index contributed by atoms with van der Waals surface area (Å²) in [5.41, 5.74) is 8.82. The number of anilines is 2. The maximum absolute atomic E-state index is 9.16. The van der Waals surface area contributed by atoms with Crippen LogP contribution in [0, 0.1) is 0 Å². The number of thiophene rings is 1. The first-order valence-electron chi connectivity index (χ1n) is 8.61. The smallest absolute Gasteiger partial charge is 0.172 e. The minimum Gasteiger partial charge on any atom is -0.172 e. The van der Waals surface area contributed by atoms with Gasteiger partial charge in [0, 0.05) is 12.7 Å². The van der Waals surface area contributed by atoms with Gasteiger partial charge in [-0.2, -0.15) is 5.10 Å². The Morgan fingerprint density at radius 2 is 2.18 bits per heavy atom. The Labute approximate surface area is 175 Å². The third-order valence-corrected chi connectivity index (χ3v) is 6.40. The Hall–Kier alpha value is -2.29. The van der Waals surface area contributed by atoms with Crippen molar-refractivity contribution in [3.8, 4) is 11.3 Å². The number of hydrogen-bond donors (Lipinski definition) is 3. The Morgan fingerprint density at radius 3 is 3.00 bits per heavy atom. The van der Waals surface area contributed by atoms with Crippen molar-refractivity contribution in [2.45, 2.75) is 24.6 Å². The predicted molar refractivity (Wildman–Crippen MR) is 102 cm³/mol. The van der Waals surface area contributed by atoms with Gasteiger partial charge in [0.05, 0.1) is 0 Å². The van der Waals surface area contributed by atoms with Crippen molar-refractivity contribution < 1.29 is 25.1 Å². The third-order valence-electron chi connectivity index (χ3n) is 4.36. The minimum atomic E-state index is -0.847. The fraction of sp³-hybridized carbons (Fsp3) is 0.250. The molecule has 1 aliphatic heterocycles. The monoisotopic (exact) mass is 510 g/mol.